The predicted octanol–water partition coefficient (Wildman–Crippen LogP) is 2.01. The minimum Gasteiger partial charge on any atom is -0.368 e. The van der Waals surface area contributed by atoms with E-state index in [1.165, 1.54) is 17.3 Å². The molecule has 3 rings (SSSR count). The molecule has 130 valence electrons. The SMILES string of the molecule is Cc1ccc(C)c(-n2cnnc2SCc2nc(N)nc(N(C)C)n2)c1. The monoisotopic (exact) mass is 356 g/mol. The number of anilines is 2. The van der Waals surface area contributed by atoms with E-state index in [0.717, 1.165) is 16.4 Å². The zero-order chi connectivity index (χ0) is 18.0. The summed E-state index contributed by atoms with van der Waals surface area (Å²) in [6.07, 6.45) is 1.72. The number of nitrogens with two attached hydrogens (primary N) is 1. The molecule has 0 saturated heterocycles. The van der Waals surface area contributed by atoms with Gasteiger partial charge in [0.15, 0.2) is 5.16 Å². The van der Waals surface area contributed by atoms with Gasteiger partial charge in [-0.15, -0.1) is 10.2 Å². The standard InChI is InChI=1S/C16H20N8S/c1-10-5-6-11(2)12(7-10)24-9-18-22-16(24)25-8-13-19-14(17)21-15(20-13)23(3)4/h5-7,9H,8H2,1-4H3,(H2,17,19,20,21). The van der Waals surface area contributed by atoms with Crippen molar-refractivity contribution in [1.82, 2.24) is 29.7 Å². The Morgan fingerprint density at radius 1 is 1.16 bits per heavy atom. The number of thioether (sulfide) groups is 1. The second-order valence-electron chi connectivity index (χ2n) is 5.87. The number of aromatic nitrogens is 6. The van der Waals surface area contributed by atoms with Crippen LogP contribution in [-0.2, 0) is 5.75 Å². The Labute approximate surface area is 150 Å². The molecule has 3 aromatic rings. The van der Waals surface area contributed by atoms with Gasteiger partial charge >= 0.3 is 0 Å². The minimum atomic E-state index is 0.213. The van der Waals surface area contributed by atoms with Gasteiger partial charge in [-0.05, 0) is 31.0 Å². The number of nitrogens with zero attached hydrogens (tertiary/aromatic N) is 7. The van der Waals surface area contributed by atoms with Crippen molar-refractivity contribution in [2.75, 3.05) is 24.7 Å². The first-order valence-electron chi connectivity index (χ1n) is 7.72. The number of benzene rings is 1. The molecule has 25 heavy (non-hydrogen) atoms. The van der Waals surface area contributed by atoms with Crippen LogP contribution in [0.2, 0.25) is 0 Å². The molecule has 2 aromatic heterocycles. The van der Waals surface area contributed by atoms with Gasteiger partial charge in [0.1, 0.15) is 12.2 Å². The Hall–Kier alpha value is -2.68. The molecule has 0 atom stereocenters. The third-order valence-electron chi connectivity index (χ3n) is 3.56. The first-order chi connectivity index (χ1) is 11.9. The molecule has 9 heteroatoms. The van der Waals surface area contributed by atoms with Crippen LogP contribution in [0.25, 0.3) is 5.69 Å². The lowest BCUT2D eigenvalue weighted by Gasteiger charge is -2.12. The molecule has 0 aliphatic rings. The first kappa shape index (κ1) is 17.2. The molecule has 8 nitrogen and oxygen atoms in total. The molecule has 2 N–H and O–H groups in total. The summed E-state index contributed by atoms with van der Waals surface area (Å²) in [4.78, 5) is 14.5. The van der Waals surface area contributed by atoms with Crippen molar-refractivity contribution in [3.05, 3.63) is 41.5 Å². The summed E-state index contributed by atoms with van der Waals surface area (Å²) in [6.45, 7) is 4.13. The highest BCUT2D eigenvalue weighted by Gasteiger charge is 2.12. The molecule has 0 amide bonds. The Bertz CT molecular complexity index is 890. The summed E-state index contributed by atoms with van der Waals surface area (Å²) in [6, 6.07) is 6.30. The van der Waals surface area contributed by atoms with Crippen molar-refractivity contribution in [2.24, 2.45) is 0 Å². The molecular weight excluding hydrogens is 336 g/mol. The number of rotatable bonds is 5. The fourth-order valence-electron chi connectivity index (χ4n) is 2.29. The number of hydrogen-bond acceptors (Lipinski definition) is 8. The van der Waals surface area contributed by atoms with Crippen LogP contribution in [0.15, 0.2) is 29.7 Å². The summed E-state index contributed by atoms with van der Waals surface area (Å²) >= 11 is 1.51. The van der Waals surface area contributed by atoms with E-state index in [1.807, 2.05) is 18.7 Å². The van der Waals surface area contributed by atoms with E-state index in [2.05, 4.69) is 57.2 Å². The van der Waals surface area contributed by atoms with E-state index in [-0.39, 0.29) is 5.95 Å². The Morgan fingerprint density at radius 3 is 2.72 bits per heavy atom. The maximum atomic E-state index is 5.77. The van der Waals surface area contributed by atoms with Gasteiger partial charge in [-0.2, -0.15) is 15.0 Å². The van der Waals surface area contributed by atoms with Gasteiger partial charge in [0.25, 0.3) is 0 Å². The highest BCUT2D eigenvalue weighted by molar-refractivity contribution is 7.98. The zero-order valence-corrected chi connectivity index (χ0v) is 15.4. The molecular formula is C16H20N8S. The predicted molar refractivity (Wildman–Crippen MR) is 99.0 cm³/mol. The Morgan fingerprint density at radius 2 is 1.96 bits per heavy atom. The average molecular weight is 356 g/mol. The van der Waals surface area contributed by atoms with Gasteiger partial charge in [-0.1, -0.05) is 23.9 Å². The van der Waals surface area contributed by atoms with E-state index in [9.17, 15) is 0 Å². The van der Waals surface area contributed by atoms with Gasteiger partial charge in [0.2, 0.25) is 11.9 Å². The van der Waals surface area contributed by atoms with Crippen molar-refractivity contribution in [2.45, 2.75) is 24.8 Å². The van der Waals surface area contributed by atoms with Crippen LogP contribution in [-0.4, -0.2) is 43.8 Å². The summed E-state index contributed by atoms with van der Waals surface area (Å²) in [5, 5.41) is 9.05. The van der Waals surface area contributed by atoms with Crippen LogP contribution in [0.4, 0.5) is 11.9 Å². The minimum absolute atomic E-state index is 0.213. The second kappa shape index (κ2) is 7.06. The van der Waals surface area contributed by atoms with Crippen LogP contribution in [0.3, 0.4) is 0 Å². The topological polar surface area (TPSA) is 98.6 Å². The summed E-state index contributed by atoms with van der Waals surface area (Å²) in [5.74, 6) is 1.89. The van der Waals surface area contributed by atoms with Gasteiger partial charge in [0, 0.05) is 14.1 Å². The van der Waals surface area contributed by atoms with Crippen LogP contribution >= 0.6 is 11.8 Å². The maximum absolute atomic E-state index is 5.77. The van der Waals surface area contributed by atoms with E-state index in [4.69, 9.17) is 5.73 Å². The fourth-order valence-corrected chi connectivity index (χ4v) is 3.06. The van der Waals surface area contributed by atoms with E-state index < -0.39 is 0 Å². The van der Waals surface area contributed by atoms with Crippen LogP contribution < -0.4 is 10.6 Å². The maximum Gasteiger partial charge on any atom is 0.229 e. The molecule has 0 radical (unpaired) electrons. The van der Waals surface area contributed by atoms with Crippen molar-refractivity contribution in [3.63, 3.8) is 0 Å². The largest absolute Gasteiger partial charge is 0.368 e. The summed E-state index contributed by atoms with van der Waals surface area (Å²) < 4.78 is 1.98. The van der Waals surface area contributed by atoms with Gasteiger partial charge in [0.05, 0.1) is 11.4 Å². The lowest BCUT2D eigenvalue weighted by Crippen LogP contribution is -2.16. The lowest BCUT2D eigenvalue weighted by atomic mass is 10.1. The molecule has 0 aliphatic heterocycles. The normalized spacial score (nSPS) is 10.9. The smallest absolute Gasteiger partial charge is 0.229 e. The van der Waals surface area contributed by atoms with Crippen LogP contribution in [0, 0.1) is 13.8 Å². The highest BCUT2D eigenvalue weighted by atomic mass is 32.2. The summed E-state index contributed by atoms with van der Waals surface area (Å²) in [5.41, 5.74) is 9.18. The molecule has 0 aliphatic carbocycles. The zero-order valence-electron chi connectivity index (χ0n) is 14.6. The van der Waals surface area contributed by atoms with Crippen molar-refractivity contribution < 1.29 is 0 Å². The second-order valence-corrected chi connectivity index (χ2v) is 6.81. The quantitative estimate of drug-likeness (QED) is 0.693. The van der Waals surface area contributed by atoms with Crippen LogP contribution in [0.5, 0.6) is 0 Å². The molecule has 2 heterocycles. The van der Waals surface area contributed by atoms with Crippen LogP contribution in [0.1, 0.15) is 17.0 Å². The molecule has 0 saturated carbocycles. The van der Waals surface area contributed by atoms with E-state index >= 15 is 0 Å². The van der Waals surface area contributed by atoms with Crippen molar-refractivity contribution >= 4 is 23.7 Å². The van der Waals surface area contributed by atoms with Gasteiger partial charge in [-0.3, -0.25) is 4.57 Å². The third-order valence-corrected chi connectivity index (χ3v) is 4.50. The van der Waals surface area contributed by atoms with E-state index in [1.54, 1.807) is 11.2 Å². The number of hydrogen-bond donors (Lipinski definition) is 1. The van der Waals surface area contributed by atoms with Crippen molar-refractivity contribution in [3.8, 4) is 5.69 Å². The highest BCUT2D eigenvalue weighted by Crippen LogP contribution is 2.25. The third kappa shape index (κ3) is 3.87. The Kier molecular flexibility index (Phi) is 4.84. The fraction of sp³-hybridized carbons (Fsp3) is 0.312. The molecule has 0 fully saturated rings. The summed E-state index contributed by atoms with van der Waals surface area (Å²) in [7, 11) is 3.73. The lowest BCUT2D eigenvalue weighted by molar-refractivity contribution is 0.871. The van der Waals surface area contributed by atoms with Crippen molar-refractivity contribution in [1.29, 1.82) is 0 Å². The Balaban J connectivity index is 1.84. The molecule has 0 unspecified atom stereocenters. The molecule has 1 aromatic carbocycles. The number of aryl methyl sites for hydroxylation is 2. The molecule has 0 spiro atoms. The van der Waals surface area contributed by atoms with Gasteiger partial charge < -0.3 is 10.6 Å². The van der Waals surface area contributed by atoms with E-state index in [0.29, 0.717) is 17.5 Å². The molecule has 0 bridgehead atoms. The number of nitrogen functional groups attached to an aromatic ring is 1. The average Bonchev–Trinajstić information content (AvgIpc) is 3.03. The first-order valence-corrected chi connectivity index (χ1v) is 8.71. The van der Waals surface area contributed by atoms with Gasteiger partial charge in [-0.25, -0.2) is 0 Å².